The number of thiophene rings is 1. The summed E-state index contributed by atoms with van der Waals surface area (Å²) >= 11 is 1.42. The zero-order chi connectivity index (χ0) is 21.7. The van der Waals surface area contributed by atoms with Crippen molar-refractivity contribution in [3.05, 3.63) is 46.1 Å². The number of halogens is 1. The molecule has 0 spiro atoms. The molecule has 0 aliphatic carbocycles. The van der Waals surface area contributed by atoms with Gasteiger partial charge in [0, 0.05) is 36.7 Å². The number of hydrogen-bond donors (Lipinski definition) is 2. The van der Waals surface area contributed by atoms with Crippen molar-refractivity contribution in [3.8, 4) is 6.07 Å². The number of carbonyl (C=O) groups is 2. The molecule has 0 saturated carbocycles. The van der Waals surface area contributed by atoms with Gasteiger partial charge in [-0.25, -0.2) is 4.39 Å². The maximum atomic E-state index is 12.9. The predicted octanol–water partition coefficient (Wildman–Crippen LogP) is 2.57. The standard InChI is InChI=1S/C21H24FN5O2S/c1-14-15(2)30-21(18(14)11-23)25-20(29)13-27-9-7-26(8-10-27)12-19(28)24-17-5-3-16(22)4-6-17/h3-6H,7-10,12-13H2,1-2H3,(H,24,28)(H,25,29). The molecule has 1 aromatic heterocycles. The number of anilines is 2. The smallest absolute Gasteiger partial charge is 0.239 e. The molecule has 1 fully saturated rings. The van der Waals surface area contributed by atoms with Gasteiger partial charge < -0.3 is 10.6 Å². The van der Waals surface area contributed by atoms with Gasteiger partial charge in [-0.05, 0) is 43.7 Å². The molecule has 1 aliphatic heterocycles. The van der Waals surface area contributed by atoms with Crippen LogP contribution in [0.25, 0.3) is 0 Å². The number of nitrogens with one attached hydrogen (secondary N) is 2. The van der Waals surface area contributed by atoms with Gasteiger partial charge in [-0.3, -0.25) is 19.4 Å². The van der Waals surface area contributed by atoms with Gasteiger partial charge >= 0.3 is 0 Å². The molecule has 2 N–H and O–H groups in total. The lowest BCUT2D eigenvalue weighted by atomic mass is 10.2. The molecular formula is C21H24FN5O2S. The summed E-state index contributed by atoms with van der Waals surface area (Å²) in [7, 11) is 0. The van der Waals surface area contributed by atoms with Crippen LogP contribution in [0.3, 0.4) is 0 Å². The molecule has 30 heavy (non-hydrogen) atoms. The summed E-state index contributed by atoms with van der Waals surface area (Å²) in [4.78, 5) is 29.6. The summed E-state index contributed by atoms with van der Waals surface area (Å²) in [5.41, 5.74) is 2.00. The first-order chi connectivity index (χ1) is 14.4. The molecule has 0 radical (unpaired) electrons. The molecule has 9 heteroatoms. The highest BCUT2D eigenvalue weighted by Crippen LogP contribution is 2.31. The summed E-state index contributed by atoms with van der Waals surface area (Å²) in [5, 5.41) is 15.5. The number of aryl methyl sites for hydroxylation is 1. The molecule has 1 aliphatic rings. The number of benzene rings is 1. The maximum absolute atomic E-state index is 12.9. The van der Waals surface area contributed by atoms with Crippen molar-refractivity contribution < 1.29 is 14.0 Å². The second kappa shape index (κ2) is 9.80. The third-order valence-corrected chi connectivity index (χ3v) is 6.20. The first-order valence-corrected chi connectivity index (χ1v) is 10.5. The van der Waals surface area contributed by atoms with E-state index in [1.54, 1.807) is 0 Å². The molecule has 0 unspecified atom stereocenters. The highest BCUT2D eigenvalue weighted by atomic mass is 32.1. The Labute approximate surface area is 179 Å². The fraction of sp³-hybridized carbons (Fsp3) is 0.381. The SMILES string of the molecule is Cc1sc(NC(=O)CN2CCN(CC(=O)Nc3ccc(F)cc3)CC2)c(C#N)c1C. The Kier molecular flexibility index (Phi) is 7.15. The summed E-state index contributed by atoms with van der Waals surface area (Å²) in [6, 6.07) is 7.82. The molecule has 3 rings (SSSR count). The summed E-state index contributed by atoms with van der Waals surface area (Å²) in [6.07, 6.45) is 0. The Bertz CT molecular complexity index is 959. The third kappa shape index (κ3) is 5.63. The van der Waals surface area contributed by atoms with Gasteiger partial charge in [0.1, 0.15) is 16.9 Å². The van der Waals surface area contributed by atoms with Crippen LogP contribution in [0, 0.1) is 31.0 Å². The minimum absolute atomic E-state index is 0.143. The van der Waals surface area contributed by atoms with E-state index in [1.165, 1.54) is 35.6 Å². The van der Waals surface area contributed by atoms with Gasteiger partial charge in [-0.2, -0.15) is 5.26 Å². The quantitative estimate of drug-likeness (QED) is 0.737. The van der Waals surface area contributed by atoms with Crippen LogP contribution < -0.4 is 10.6 Å². The topological polar surface area (TPSA) is 88.5 Å². The molecule has 1 saturated heterocycles. The number of piperazine rings is 1. The molecular weight excluding hydrogens is 405 g/mol. The average molecular weight is 430 g/mol. The van der Waals surface area contributed by atoms with E-state index < -0.39 is 0 Å². The van der Waals surface area contributed by atoms with Crippen LogP contribution in [0.4, 0.5) is 15.1 Å². The van der Waals surface area contributed by atoms with E-state index in [2.05, 4.69) is 16.7 Å². The zero-order valence-corrected chi connectivity index (χ0v) is 17.8. The van der Waals surface area contributed by atoms with Crippen molar-refractivity contribution in [2.45, 2.75) is 13.8 Å². The monoisotopic (exact) mass is 429 g/mol. The first kappa shape index (κ1) is 21.9. The summed E-state index contributed by atoms with van der Waals surface area (Å²) < 4.78 is 12.9. The Morgan fingerprint density at radius 2 is 1.57 bits per heavy atom. The van der Waals surface area contributed by atoms with Crippen molar-refractivity contribution in [1.29, 1.82) is 5.26 Å². The van der Waals surface area contributed by atoms with Crippen LogP contribution >= 0.6 is 11.3 Å². The second-order valence-corrected chi connectivity index (χ2v) is 8.48. The van der Waals surface area contributed by atoms with Gasteiger partial charge in [0.15, 0.2) is 0 Å². The Morgan fingerprint density at radius 1 is 1.03 bits per heavy atom. The lowest BCUT2D eigenvalue weighted by molar-refractivity contribution is -0.120. The third-order valence-electron chi connectivity index (χ3n) is 5.08. The van der Waals surface area contributed by atoms with Gasteiger partial charge in [0.2, 0.25) is 11.8 Å². The van der Waals surface area contributed by atoms with Crippen LogP contribution in [0.5, 0.6) is 0 Å². The molecule has 0 atom stereocenters. The van der Waals surface area contributed by atoms with E-state index in [-0.39, 0.29) is 30.7 Å². The lowest BCUT2D eigenvalue weighted by Gasteiger charge is -2.33. The largest absolute Gasteiger partial charge is 0.325 e. The summed E-state index contributed by atoms with van der Waals surface area (Å²) in [6.45, 7) is 6.99. The number of carbonyl (C=O) groups excluding carboxylic acids is 2. The number of amides is 2. The fourth-order valence-electron chi connectivity index (χ4n) is 3.26. The lowest BCUT2D eigenvalue weighted by Crippen LogP contribution is -2.50. The van der Waals surface area contributed by atoms with E-state index in [1.807, 2.05) is 23.6 Å². The van der Waals surface area contributed by atoms with Crippen LogP contribution in [-0.2, 0) is 9.59 Å². The van der Waals surface area contributed by atoms with Gasteiger partial charge in [-0.1, -0.05) is 0 Å². The van der Waals surface area contributed by atoms with Gasteiger partial charge in [0.05, 0.1) is 18.7 Å². The normalized spacial score (nSPS) is 14.9. The van der Waals surface area contributed by atoms with Crippen LogP contribution in [0.2, 0.25) is 0 Å². The Hall–Kier alpha value is -2.80. The highest BCUT2D eigenvalue weighted by molar-refractivity contribution is 7.16. The molecule has 2 aromatic rings. The Balaban J connectivity index is 1.42. The van der Waals surface area contributed by atoms with E-state index >= 15 is 0 Å². The molecule has 158 valence electrons. The minimum Gasteiger partial charge on any atom is -0.325 e. The van der Waals surface area contributed by atoms with Crippen LogP contribution in [0.15, 0.2) is 24.3 Å². The highest BCUT2D eigenvalue weighted by Gasteiger charge is 2.22. The van der Waals surface area contributed by atoms with Gasteiger partial charge in [-0.15, -0.1) is 11.3 Å². The molecule has 2 amide bonds. The second-order valence-electron chi connectivity index (χ2n) is 7.25. The van der Waals surface area contributed by atoms with E-state index in [0.717, 1.165) is 10.4 Å². The van der Waals surface area contributed by atoms with Crippen LogP contribution in [-0.4, -0.2) is 60.9 Å². The van der Waals surface area contributed by atoms with E-state index in [0.29, 0.717) is 42.4 Å². The van der Waals surface area contributed by atoms with Crippen molar-refractivity contribution in [1.82, 2.24) is 9.80 Å². The summed E-state index contributed by atoms with van der Waals surface area (Å²) in [5.74, 6) is -0.642. The van der Waals surface area contributed by atoms with E-state index in [9.17, 15) is 19.2 Å². The number of rotatable bonds is 6. The fourth-order valence-corrected chi connectivity index (χ4v) is 4.29. The number of nitrogens with zero attached hydrogens (tertiary/aromatic N) is 3. The minimum atomic E-state index is -0.346. The van der Waals surface area contributed by atoms with Crippen molar-refractivity contribution in [2.75, 3.05) is 49.9 Å². The first-order valence-electron chi connectivity index (χ1n) is 9.65. The average Bonchev–Trinajstić information content (AvgIpc) is 2.97. The number of nitriles is 1. The number of hydrogen-bond acceptors (Lipinski definition) is 6. The van der Waals surface area contributed by atoms with Crippen molar-refractivity contribution >= 4 is 33.8 Å². The van der Waals surface area contributed by atoms with Gasteiger partial charge in [0.25, 0.3) is 0 Å². The zero-order valence-electron chi connectivity index (χ0n) is 17.0. The molecule has 0 bridgehead atoms. The van der Waals surface area contributed by atoms with E-state index in [4.69, 9.17) is 0 Å². The van der Waals surface area contributed by atoms with Crippen molar-refractivity contribution in [2.24, 2.45) is 0 Å². The molecule has 2 heterocycles. The Morgan fingerprint density at radius 3 is 2.10 bits per heavy atom. The maximum Gasteiger partial charge on any atom is 0.239 e. The predicted molar refractivity (Wildman–Crippen MR) is 115 cm³/mol. The molecule has 7 nitrogen and oxygen atoms in total. The van der Waals surface area contributed by atoms with Crippen molar-refractivity contribution in [3.63, 3.8) is 0 Å². The molecule has 1 aromatic carbocycles. The van der Waals surface area contributed by atoms with Crippen LogP contribution in [0.1, 0.15) is 16.0 Å².